The van der Waals surface area contributed by atoms with Crippen LogP contribution in [-0.2, 0) is 22.2 Å². The van der Waals surface area contributed by atoms with Crippen molar-refractivity contribution in [2.45, 2.75) is 19.8 Å². The zero-order chi connectivity index (χ0) is 20.5. The van der Waals surface area contributed by atoms with Crippen LogP contribution in [0.25, 0.3) is 0 Å². The maximum absolute atomic E-state index is 13.8. The summed E-state index contributed by atoms with van der Waals surface area (Å²) in [6.07, 6.45) is 2.24. The highest BCUT2D eigenvalue weighted by Crippen LogP contribution is 2.49. The van der Waals surface area contributed by atoms with Gasteiger partial charge in [0.1, 0.15) is 5.75 Å². The molecule has 3 rings (SSSR count). The van der Waals surface area contributed by atoms with E-state index in [2.05, 4.69) is 5.32 Å². The zero-order valence-corrected chi connectivity index (χ0v) is 17.5. The molecule has 1 N–H and O–H groups in total. The highest BCUT2D eigenvalue weighted by Gasteiger charge is 2.26. The third-order valence-corrected chi connectivity index (χ3v) is 6.97. The summed E-state index contributed by atoms with van der Waals surface area (Å²) >= 11 is 0. The van der Waals surface area contributed by atoms with Gasteiger partial charge in [0.15, 0.2) is 0 Å². The highest BCUT2D eigenvalue weighted by atomic mass is 31.2. The van der Waals surface area contributed by atoms with Crippen LogP contribution in [0, 0.1) is 0 Å². The van der Waals surface area contributed by atoms with Gasteiger partial charge in [-0.2, -0.15) is 0 Å². The van der Waals surface area contributed by atoms with Crippen LogP contribution in [0.2, 0.25) is 0 Å². The van der Waals surface area contributed by atoms with Gasteiger partial charge in [0.25, 0.3) is 0 Å². The van der Waals surface area contributed by atoms with Gasteiger partial charge in [-0.25, -0.2) is 0 Å². The van der Waals surface area contributed by atoms with E-state index < -0.39 is 7.37 Å². The summed E-state index contributed by atoms with van der Waals surface area (Å²) < 4.78 is 20.0. The standard InChI is InChI=1S/C24H26NO3P/c1-20(26)25-23-14-8-9-15-24(23)28-29(27,18-16-21-10-4-2-5-11-21)19-17-22-12-6-3-7-13-22/h2-15H,16-19H2,1H3,(H,25,26). The lowest BCUT2D eigenvalue weighted by atomic mass is 10.2. The molecule has 5 heteroatoms. The molecule has 0 radical (unpaired) electrons. The first-order valence-corrected chi connectivity index (χ1v) is 11.8. The smallest absolute Gasteiger partial charge is 0.248 e. The number of hydrogen-bond donors (Lipinski definition) is 1. The predicted octanol–water partition coefficient (Wildman–Crippen LogP) is 5.79. The van der Waals surface area contributed by atoms with Gasteiger partial charge in [0.05, 0.1) is 5.69 Å². The van der Waals surface area contributed by atoms with Crippen molar-refractivity contribution in [2.75, 3.05) is 17.6 Å². The first-order chi connectivity index (χ1) is 14.0. The number of carbonyl (C=O) groups is 1. The Morgan fingerprint density at radius 3 is 1.79 bits per heavy atom. The summed E-state index contributed by atoms with van der Waals surface area (Å²) in [6.45, 7) is 1.45. The fraction of sp³-hybridized carbons (Fsp3) is 0.208. The molecule has 0 heterocycles. The molecule has 150 valence electrons. The largest absolute Gasteiger partial charge is 0.441 e. The molecule has 0 aromatic heterocycles. The van der Waals surface area contributed by atoms with Gasteiger partial charge in [-0.15, -0.1) is 0 Å². The Morgan fingerprint density at radius 1 is 0.793 bits per heavy atom. The topological polar surface area (TPSA) is 55.4 Å². The number of anilines is 1. The van der Waals surface area contributed by atoms with Crippen LogP contribution in [0.15, 0.2) is 84.9 Å². The van der Waals surface area contributed by atoms with Crippen LogP contribution in [-0.4, -0.2) is 18.2 Å². The number of para-hydroxylation sites is 2. The van der Waals surface area contributed by atoms with Crippen LogP contribution in [0.4, 0.5) is 5.69 Å². The summed E-state index contributed by atoms with van der Waals surface area (Å²) in [7, 11) is -2.99. The zero-order valence-electron chi connectivity index (χ0n) is 16.6. The number of hydrogen-bond acceptors (Lipinski definition) is 3. The molecule has 0 aliphatic carbocycles. The number of amides is 1. The minimum Gasteiger partial charge on any atom is -0.441 e. The molecule has 0 saturated carbocycles. The number of aryl methyl sites for hydroxylation is 2. The van der Waals surface area contributed by atoms with Crippen molar-refractivity contribution in [3.05, 3.63) is 96.1 Å². The molecule has 29 heavy (non-hydrogen) atoms. The highest BCUT2D eigenvalue weighted by molar-refractivity contribution is 7.59. The molecule has 1 amide bonds. The number of nitrogens with one attached hydrogen (secondary N) is 1. The van der Waals surface area contributed by atoms with Crippen molar-refractivity contribution < 1.29 is 13.9 Å². The minimum atomic E-state index is -2.99. The van der Waals surface area contributed by atoms with E-state index in [9.17, 15) is 9.36 Å². The molecule has 3 aromatic rings. The second-order valence-electron chi connectivity index (χ2n) is 7.00. The summed E-state index contributed by atoms with van der Waals surface area (Å²) in [5, 5.41) is 2.76. The van der Waals surface area contributed by atoms with E-state index in [0.717, 1.165) is 11.1 Å². The average molecular weight is 407 g/mol. The number of carbonyl (C=O) groups excluding carboxylic acids is 1. The Labute approximate surface area is 172 Å². The molecule has 0 spiro atoms. The second kappa shape index (κ2) is 10.1. The SMILES string of the molecule is CC(=O)Nc1ccccc1OP(=O)(CCc1ccccc1)CCc1ccccc1. The summed E-state index contributed by atoms with van der Waals surface area (Å²) in [4.78, 5) is 11.5. The minimum absolute atomic E-state index is 0.190. The van der Waals surface area contributed by atoms with Crippen LogP contribution in [0.1, 0.15) is 18.1 Å². The summed E-state index contributed by atoms with van der Waals surface area (Å²) in [5.74, 6) is 0.261. The summed E-state index contributed by atoms with van der Waals surface area (Å²) in [6, 6.07) is 27.2. The lowest BCUT2D eigenvalue weighted by Gasteiger charge is -2.22. The van der Waals surface area contributed by atoms with E-state index in [1.54, 1.807) is 12.1 Å². The van der Waals surface area contributed by atoms with E-state index in [-0.39, 0.29) is 5.91 Å². The fourth-order valence-electron chi connectivity index (χ4n) is 3.11. The van der Waals surface area contributed by atoms with Crippen LogP contribution < -0.4 is 9.84 Å². The third-order valence-electron chi connectivity index (χ3n) is 4.63. The first kappa shape index (κ1) is 20.9. The molecule has 0 aliphatic heterocycles. The maximum atomic E-state index is 13.8. The fourth-order valence-corrected chi connectivity index (χ4v) is 5.23. The Morgan fingerprint density at radius 2 is 1.28 bits per heavy atom. The molecule has 0 bridgehead atoms. The van der Waals surface area contributed by atoms with Gasteiger partial charge in [0.2, 0.25) is 13.3 Å². The monoisotopic (exact) mass is 407 g/mol. The van der Waals surface area contributed by atoms with Crippen molar-refractivity contribution in [1.82, 2.24) is 0 Å². The van der Waals surface area contributed by atoms with Gasteiger partial charge < -0.3 is 9.84 Å². The second-order valence-corrected chi connectivity index (χ2v) is 9.71. The number of rotatable bonds is 9. The Kier molecular flexibility index (Phi) is 7.26. The molecule has 0 atom stereocenters. The van der Waals surface area contributed by atoms with E-state index in [4.69, 9.17) is 4.52 Å². The van der Waals surface area contributed by atoms with E-state index >= 15 is 0 Å². The molecular formula is C24H26NO3P. The Bertz CT molecular complexity index is 926. The molecule has 0 fully saturated rings. The maximum Gasteiger partial charge on any atom is 0.248 e. The van der Waals surface area contributed by atoms with Gasteiger partial charge in [-0.1, -0.05) is 72.8 Å². The van der Waals surface area contributed by atoms with Crippen molar-refractivity contribution in [2.24, 2.45) is 0 Å². The van der Waals surface area contributed by atoms with Crippen LogP contribution >= 0.6 is 7.37 Å². The molecule has 3 aromatic carbocycles. The van der Waals surface area contributed by atoms with Gasteiger partial charge in [-0.05, 0) is 36.1 Å². The van der Waals surface area contributed by atoms with E-state index in [0.29, 0.717) is 36.6 Å². The quantitative estimate of drug-likeness (QED) is 0.457. The van der Waals surface area contributed by atoms with Gasteiger partial charge in [-0.3, -0.25) is 9.36 Å². The summed E-state index contributed by atoms with van der Waals surface area (Å²) in [5.41, 5.74) is 2.80. The lowest BCUT2D eigenvalue weighted by Crippen LogP contribution is -2.10. The molecular weight excluding hydrogens is 381 g/mol. The van der Waals surface area contributed by atoms with E-state index in [1.165, 1.54) is 6.92 Å². The lowest BCUT2D eigenvalue weighted by molar-refractivity contribution is -0.114. The number of benzene rings is 3. The van der Waals surface area contributed by atoms with Crippen molar-refractivity contribution >= 4 is 19.0 Å². The first-order valence-electron chi connectivity index (χ1n) is 9.76. The van der Waals surface area contributed by atoms with Gasteiger partial charge >= 0.3 is 0 Å². The average Bonchev–Trinajstić information content (AvgIpc) is 2.74. The van der Waals surface area contributed by atoms with Crippen LogP contribution in [0.5, 0.6) is 5.75 Å². The molecule has 0 saturated heterocycles. The molecule has 4 nitrogen and oxygen atoms in total. The third kappa shape index (κ3) is 6.62. The molecule has 0 aliphatic rings. The normalized spacial score (nSPS) is 11.1. The Hall–Kier alpha value is -2.84. The van der Waals surface area contributed by atoms with E-state index in [1.807, 2.05) is 72.8 Å². The van der Waals surface area contributed by atoms with Crippen molar-refractivity contribution in [1.29, 1.82) is 0 Å². The van der Waals surface area contributed by atoms with Gasteiger partial charge in [0, 0.05) is 19.2 Å². The van der Waals surface area contributed by atoms with Crippen molar-refractivity contribution in [3.63, 3.8) is 0 Å². The van der Waals surface area contributed by atoms with Crippen LogP contribution in [0.3, 0.4) is 0 Å². The van der Waals surface area contributed by atoms with Crippen molar-refractivity contribution in [3.8, 4) is 5.75 Å². The molecule has 0 unspecified atom stereocenters. The Balaban J connectivity index is 1.80. The predicted molar refractivity (Wildman–Crippen MR) is 119 cm³/mol.